The zero-order valence-corrected chi connectivity index (χ0v) is 14.2. The lowest BCUT2D eigenvalue weighted by Crippen LogP contribution is -2.43. The van der Waals surface area contributed by atoms with E-state index in [0.29, 0.717) is 16.1 Å². The molecule has 0 amide bonds. The minimum atomic E-state index is 0.362. The van der Waals surface area contributed by atoms with E-state index >= 15 is 0 Å². The molecule has 0 aromatic carbocycles. The zero-order valence-electron chi connectivity index (χ0n) is 14.2. The Morgan fingerprint density at radius 2 is 1.06 bits per heavy atom. The Labute approximate surface area is 111 Å². The molecule has 0 N–H and O–H groups in total. The minimum Gasteiger partial charge on any atom is -0.0664 e. The standard InChI is InChI=1S/C16H35B/c1-11(2)16(10,17)13(15(7,8)9)12(3)14(4,5)6/h11-13H,17H2,1-10H3. The van der Waals surface area contributed by atoms with E-state index in [9.17, 15) is 0 Å². The largest absolute Gasteiger partial charge is 0.109 e. The van der Waals surface area contributed by atoms with Gasteiger partial charge in [0, 0.05) is 0 Å². The van der Waals surface area contributed by atoms with Crippen molar-refractivity contribution < 1.29 is 0 Å². The molecule has 0 spiro atoms. The van der Waals surface area contributed by atoms with Crippen LogP contribution in [0, 0.1) is 28.6 Å². The molecule has 0 aromatic rings. The van der Waals surface area contributed by atoms with Crippen molar-refractivity contribution in [1.29, 1.82) is 0 Å². The molecule has 0 saturated heterocycles. The fourth-order valence-corrected chi connectivity index (χ4v) is 3.37. The van der Waals surface area contributed by atoms with Gasteiger partial charge in [0.1, 0.15) is 7.85 Å². The van der Waals surface area contributed by atoms with Crippen LogP contribution in [0.5, 0.6) is 0 Å². The van der Waals surface area contributed by atoms with Crippen LogP contribution in [0.1, 0.15) is 69.2 Å². The molecule has 1 heteroatoms. The molecule has 102 valence electrons. The summed E-state index contributed by atoms with van der Waals surface area (Å²) >= 11 is 0. The normalized spacial score (nSPS) is 21.1. The van der Waals surface area contributed by atoms with Crippen molar-refractivity contribution in [3.05, 3.63) is 0 Å². The molecule has 3 unspecified atom stereocenters. The van der Waals surface area contributed by atoms with E-state index in [1.807, 2.05) is 0 Å². The first-order chi connectivity index (χ1) is 7.22. The third kappa shape index (κ3) is 4.03. The Morgan fingerprint density at radius 1 is 0.706 bits per heavy atom. The Morgan fingerprint density at radius 3 is 1.24 bits per heavy atom. The zero-order chi connectivity index (χ0) is 14.2. The summed E-state index contributed by atoms with van der Waals surface area (Å²) in [5.74, 6) is 2.17. The Kier molecular flexibility index (Phi) is 5.00. The maximum absolute atomic E-state index is 2.45. The number of hydrogen-bond acceptors (Lipinski definition) is 0. The van der Waals surface area contributed by atoms with Crippen molar-refractivity contribution in [2.75, 3.05) is 0 Å². The first-order valence-electron chi connectivity index (χ1n) is 7.22. The van der Waals surface area contributed by atoms with Crippen LogP contribution in [0.15, 0.2) is 0 Å². The minimum absolute atomic E-state index is 0.362. The molecule has 3 atom stereocenters. The highest BCUT2D eigenvalue weighted by molar-refractivity contribution is 6.15. The van der Waals surface area contributed by atoms with Crippen molar-refractivity contribution in [3.8, 4) is 0 Å². The smallest absolute Gasteiger partial charge is 0.0664 e. The molecule has 0 rings (SSSR count). The van der Waals surface area contributed by atoms with E-state index in [4.69, 9.17) is 0 Å². The fourth-order valence-electron chi connectivity index (χ4n) is 3.37. The second-order valence-corrected chi connectivity index (χ2v) is 8.97. The monoisotopic (exact) mass is 238 g/mol. The summed E-state index contributed by atoms with van der Waals surface area (Å²) in [4.78, 5) is 0. The van der Waals surface area contributed by atoms with Gasteiger partial charge in [-0.2, -0.15) is 0 Å². The predicted octanol–water partition coefficient (Wildman–Crippen LogP) is 4.80. The highest BCUT2D eigenvalue weighted by atomic mass is 14.5. The quantitative estimate of drug-likeness (QED) is 0.619. The molecular weight excluding hydrogens is 203 g/mol. The summed E-state index contributed by atoms with van der Waals surface area (Å²) in [6.07, 6.45) is 0. The number of hydrogen-bond donors (Lipinski definition) is 0. The van der Waals surface area contributed by atoms with Crippen LogP contribution in [0.25, 0.3) is 0 Å². The second kappa shape index (κ2) is 4.98. The summed E-state index contributed by atoms with van der Waals surface area (Å²) in [7, 11) is 2.45. The molecule has 0 saturated carbocycles. The van der Waals surface area contributed by atoms with Gasteiger partial charge in [0.2, 0.25) is 0 Å². The third-order valence-electron chi connectivity index (χ3n) is 5.09. The first kappa shape index (κ1) is 17.1. The fraction of sp³-hybridized carbons (Fsp3) is 1.00. The van der Waals surface area contributed by atoms with Gasteiger partial charge in [-0.15, -0.1) is 0 Å². The molecule has 0 nitrogen and oxygen atoms in total. The van der Waals surface area contributed by atoms with Gasteiger partial charge < -0.3 is 0 Å². The lowest BCUT2D eigenvalue weighted by Gasteiger charge is -2.52. The summed E-state index contributed by atoms with van der Waals surface area (Å²) in [5.41, 5.74) is 0.741. The lowest BCUT2D eigenvalue weighted by atomic mass is 9.45. The van der Waals surface area contributed by atoms with Gasteiger partial charge in [-0.1, -0.05) is 74.6 Å². The third-order valence-corrected chi connectivity index (χ3v) is 5.09. The van der Waals surface area contributed by atoms with Crippen LogP contribution in [-0.2, 0) is 0 Å². The maximum atomic E-state index is 2.45. The van der Waals surface area contributed by atoms with E-state index in [0.717, 1.165) is 17.8 Å². The van der Waals surface area contributed by atoms with E-state index in [1.165, 1.54) is 0 Å². The molecule has 0 fully saturated rings. The summed E-state index contributed by atoms with van der Waals surface area (Å²) in [5, 5.41) is 0.380. The summed E-state index contributed by atoms with van der Waals surface area (Å²) in [6, 6.07) is 0. The van der Waals surface area contributed by atoms with Crippen LogP contribution in [-0.4, -0.2) is 7.85 Å². The van der Waals surface area contributed by atoms with E-state index in [2.05, 4.69) is 77.1 Å². The van der Waals surface area contributed by atoms with Gasteiger partial charge in [-0.3, -0.25) is 0 Å². The molecular formula is C16H35B. The van der Waals surface area contributed by atoms with Gasteiger partial charge >= 0.3 is 0 Å². The van der Waals surface area contributed by atoms with E-state index in [1.54, 1.807) is 0 Å². The molecule has 0 heterocycles. The molecule has 0 aliphatic carbocycles. The molecule has 0 aliphatic heterocycles. The average molecular weight is 238 g/mol. The van der Waals surface area contributed by atoms with Crippen molar-refractivity contribution in [2.24, 2.45) is 28.6 Å². The summed E-state index contributed by atoms with van der Waals surface area (Å²) in [6.45, 7) is 24.0. The van der Waals surface area contributed by atoms with Gasteiger partial charge in [-0.05, 0) is 28.6 Å². The maximum Gasteiger partial charge on any atom is 0.109 e. The Balaban J connectivity index is 5.47. The van der Waals surface area contributed by atoms with Crippen LogP contribution in [0.2, 0.25) is 5.31 Å². The highest BCUT2D eigenvalue weighted by Gasteiger charge is 2.45. The predicted molar refractivity (Wildman–Crippen MR) is 83.3 cm³/mol. The van der Waals surface area contributed by atoms with Crippen molar-refractivity contribution in [2.45, 2.75) is 74.6 Å². The summed E-state index contributed by atoms with van der Waals surface area (Å²) < 4.78 is 0. The van der Waals surface area contributed by atoms with Crippen molar-refractivity contribution in [1.82, 2.24) is 0 Å². The van der Waals surface area contributed by atoms with Crippen molar-refractivity contribution >= 4 is 7.85 Å². The van der Waals surface area contributed by atoms with Crippen LogP contribution in [0.4, 0.5) is 0 Å². The molecule has 0 radical (unpaired) electrons. The Bertz CT molecular complexity index is 237. The topological polar surface area (TPSA) is 0 Å². The molecule has 0 aromatic heterocycles. The molecule has 0 bridgehead atoms. The van der Waals surface area contributed by atoms with Crippen LogP contribution < -0.4 is 0 Å². The number of rotatable bonds is 3. The van der Waals surface area contributed by atoms with E-state index < -0.39 is 0 Å². The van der Waals surface area contributed by atoms with Gasteiger partial charge in [-0.25, -0.2) is 0 Å². The second-order valence-electron chi connectivity index (χ2n) is 8.97. The SMILES string of the molecule is BC(C)(C(C)C)C(C(C)C(C)(C)C)C(C)(C)C. The Hall–Kier alpha value is 0.0649. The lowest BCUT2D eigenvalue weighted by molar-refractivity contribution is 0.0343. The first-order valence-corrected chi connectivity index (χ1v) is 7.22. The van der Waals surface area contributed by atoms with Gasteiger partial charge in [0.05, 0.1) is 0 Å². The van der Waals surface area contributed by atoms with Crippen LogP contribution >= 0.6 is 0 Å². The average Bonchev–Trinajstić information content (AvgIpc) is 1.98. The van der Waals surface area contributed by atoms with Gasteiger partial charge in [0.15, 0.2) is 0 Å². The highest BCUT2D eigenvalue weighted by Crippen LogP contribution is 2.55. The molecule has 0 aliphatic rings. The van der Waals surface area contributed by atoms with Crippen molar-refractivity contribution in [3.63, 3.8) is 0 Å². The van der Waals surface area contributed by atoms with E-state index in [-0.39, 0.29) is 0 Å². The molecule has 17 heavy (non-hydrogen) atoms. The van der Waals surface area contributed by atoms with Gasteiger partial charge in [0.25, 0.3) is 0 Å². The van der Waals surface area contributed by atoms with Crippen LogP contribution in [0.3, 0.4) is 0 Å².